The topological polar surface area (TPSA) is 69.7 Å². The first-order chi connectivity index (χ1) is 10.1. The molecule has 2 N–H and O–H groups in total. The van der Waals surface area contributed by atoms with Gasteiger partial charge in [-0.05, 0) is 18.9 Å². The highest BCUT2D eigenvalue weighted by Gasteiger charge is 2.19. The average molecular weight is 297 g/mol. The summed E-state index contributed by atoms with van der Waals surface area (Å²) < 4.78 is 12.1. The number of ether oxygens (including phenoxy) is 2. The van der Waals surface area contributed by atoms with E-state index in [-0.39, 0.29) is 5.91 Å². The minimum Gasteiger partial charge on any atom is -0.397 e. The van der Waals surface area contributed by atoms with Gasteiger partial charge in [-0.3, -0.25) is 4.79 Å². The number of anilines is 1. The van der Waals surface area contributed by atoms with Crippen molar-refractivity contribution >= 4 is 11.6 Å². The highest BCUT2D eigenvalue weighted by Crippen LogP contribution is 2.14. The molecular formula is C15H27N3O3. The predicted molar refractivity (Wildman–Crippen MR) is 83.4 cm³/mol. The van der Waals surface area contributed by atoms with Gasteiger partial charge in [-0.2, -0.15) is 0 Å². The molecule has 0 radical (unpaired) electrons. The highest BCUT2D eigenvalue weighted by molar-refractivity contribution is 5.93. The van der Waals surface area contributed by atoms with E-state index in [9.17, 15) is 4.79 Å². The number of nitrogens with two attached hydrogens (primary N) is 1. The van der Waals surface area contributed by atoms with Crippen LogP contribution in [0.2, 0.25) is 0 Å². The lowest BCUT2D eigenvalue weighted by Gasteiger charge is -2.23. The molecule has 6 heteroatoms. The van der Waals surface area contributed by atoms with Gasteiger partial charge in [0.1, 0.15) is 5.69 Å². The van der Waals surface area contributed by atoms with E-state index < -0.39 is 0 Å². The molecule has 0 aromatic carbocycles. The number of aromatic nitrogens is 1. The van der Waals surface area contributed by atoms with Crippen molar-refractivity contribution in [3.8, 4) is 0 Å². The summed E-state index contributed by atoms with van der Waals surface area (Å²) >= 11 is 0. The summed E-state index contributed by atoms with van der Waals surface area (Å²) in [5.74, 6) is -0.00620. The first kappa shape index (κ1) is 17.5. The fourth-order valence-electron chi connectivity index (χ4n) is 2.22. The van der Waals surface area contributed by atoms with Crippen molar-refractivity contribution in [3.63, 3.8) is 0 Å². The van der Waals surface area contributed by atoms with Crippen molar-refractivity contribution in [2.75, 3.05) is 46.3 Å². The van der Waals surface area contributed by atoms with Crippen molar-refractivity contribution < 1.29 is 14.3 Å². The van der Waals surface area contributed by atoms with Gasteiger partial charge in [-0.1, -0.05) is 6.92 Å². The van der Waals surface area contributed by atoms with Crippen LogP contribution in [-0.4, -0.2) is 55.9 Å². The van der Waals surface area contributed by atoms with Crippen molar-refractivity contribution in [2.24, 2.45) is 0 Å². The minimum absolute atomic E-state index is 0.00620. The minimum atomic E-state index is -0.00620. The maximum absolute atomic E-state index is 12.7. The summed E-state index contributed by atoms with van der Waals surface area (Å²) in [6.45, 7) is 5.22. The number of carbonyl (C=O) groups is 1. The lowest BCUT2D eigenvalue weighted by atomic mass is 10.3. The molecule has 0 bridgehead atoms. The molecular weight excluding hydrogens is 270 g/mol. The normalized spacial score (nSPS) is 10.8. The molecule has 0 atom stereocenters. The van der Waals surface area contributed by atoms with Crippen LogP contribution < -0.4 is 5.73 Å². The summed E-state index contributed by atoms with van der Waals surface area (Å²) in [4.78, 5) is 14.5. The smallest absolute Gasteiger partial charge is 0.270 e. The number of methoxy groups -OCH3 is 2. The predicted octanol–water partition coefficient (Wildman–Crippen LogP) is 1.61. The standard InChI is InChI=1S/C15H27N3O3/c1-4-6-18-12-13(16)11-14(18)15(19)17(8-10-21-3)7-5-9-20-2/h11-12H,4-10,16H2,1-3H3. The van der Waals surface area contributed by atoms with Crippen LogP contribution in [0.25, 0.3) is 0 Å². The van der Waals surface area contributed by atoms with Gasteiger partial charge in [0.15, 0.2) is 0 Å². The van der Waals surface area contributed by atoms with Crippen molar-refractivity contribution in [1.29, 1.82) is 0 Å². The first-order valence-electron chi connectivity index (χ1n) is 7.36. The van der Waals surface area contributed by atoms with E-state index in [4.69, 9.17) is 15.2 Å². The first-order valence-corrected chi connectivity index (χ1v) is 7.36. The molecule has 0 saturated heterocycles. The van der Waals surface area contributed by atoms with Crippen LogP contribution in [-0.2, 0) is 16.0 Å². The van der Waals surface area contributed by atoms with Crippen molar-refractivity contribution in [2.45, 2.75) is 26.3 Å². The Balaban J connectivity index is 2.82. The van der Waals surface area contributed by atoms with Gasteiger partial charge in [0, 0.05) is 46.7 Å². The summed E-state index contributed by atoms with van der Waals surface area (Å²) in [7, 11) is 3.30. The molecule has 1 amide bonds. The van der Waals surface area contributed by atoms with Crippen LogP contribution in [0.4, 0.5) is 5.69 Å². The third kappa shape index (κ3) is 5.40. The number of aryl methyl sites for hydroxylation is 1. The molecule has 0 saturated carbocycles. The molecule has 0 aliphatic rings. The molecule has 1 aromatic rings. The Kier molecular flexibility index (Phi) is 7.85. The van der Waals surface area contributed by atoms with Crippen LogP contribution in [0.1, 0.15) is 30.3 Å². The molecule has 0 aliphatic carbocycles. The SMILES string of the molecule is CCCn1cc(N)cc1C(=O)N(CCCOC)CCOC. The van der Waals surface area contributed by atoms with Gasteiger partial charge in [0.25, 0.3) is 5.91 Å². The van der Waals surface area contributed by atoms with Crippen LogP contribution in [0.5, 0.6) is 0 Å². The van der Waals surface area contributed by atoms with Crippen molar-refractivity contribution in [3.05, 3.63) is 18.0 Å². The molecule has 0 aliphatic heterocycles. The second kappa shape index (κ2) is 9.41. The molecule has 21 heavy (non-hydrogen) atoms. The maximum atomic E-state index is 12.7. The Labute approximate surface area is 126 Å². The maximum Gasteiger partial charge on any atom is 0.270 e. The number of rotatable bonds is 10. The van der Waals surface area contributed by atoms with E-state index >= 15 is 0 Å². The van der Waals surface area contributed by atoms with E-state index in [1.54, 1.807) is 25.2 Å². The monoisotopic (exact) mass is 297 g/mol. The zero-order valence-electron chi connectivity index (χ0n) is 13.3. The Morgan fingerprint density at radius 3 is 2.62 bits per heavy atom. The number of amides is 1. The van der Waals surface area contributed by atoms with Gasteiger partial charge >= 0.3 is 0 Å². The summed E-state index contributed by atoms with van der Waals surface area (Å²) in [5, 5.41) is 0. The fraction of sp³-hybridized carbons (Fsp3) is 0.667. The van der Waals surface area contributed by atoms with Gasteiger partial charge in [-0.25, -0.2) is 0 Å². The quantitative estimate of drug-likeness (QED) is 0.666. The summed E-state index contributed by atoms with van der Waals surface area (Å²) in [6.07, 6.45) is 3.58. The van der Waals surface area contributed by atoms with Gasteiger partial charge in [0.2, 0.25) is 0 Å². The Morgan fingerprint density at radius 2 is 2.00 bits per heavy atom. The zero-order chi connectivity index (χ0) is 15.7. The average Bonchev–Trinajstić information content (AvgIpc) is 2.83. The third-order valence-corrected chi connectivity index (χ3v) is 3.23. The van der Waals surface area contributed by atoms with Crippen molar-refractivity contribution in [1.82, 2.24) is 9.47 Å². The highest BCUT2D eigenvalue weighted by atomic mass is 16.5. The number of hydrogen-bond acceptors (Lipinski definition) is 4. The molecule has 1 aromatic heterocycles. The Bertz CT molecular complexity index is 432. The van der Waals surface area contributed by atoms with Gasteiger partial charge in [0.05, 0.1) is 12.3 Å². The molecule has 1 heterocycles. The molecule has 6 nitrogen and oxygen atoms in total. The number of carbonyl (C=O) groups excluding carboxylic acids is 1. The number of nitrogen functional groups attached to an aromatic ring is 1. The molecule has 120 valence electrons. The molecule has 0 unspecified atom stereocenters. The van der Waals surface area contributed by atoms with Crippen LogP contribution in [0, 0.1) is 0 Å². The lowest BCUT2D eigenvalue weighted by Crippen LogP contribution is -2.36. The summed E-state index contributed by atoms with van der Waals surface area (Å²) in [6, 6.07) is 1.74. The number of hydrogen-bond donors (Lipinski definition) is 1. The Hall–Kier alpha value is -1.53. The Morgan fingerprint density at radius 1 is 1.29 bits per heavy atom. The lowest BCUT2D eigenvalue weighted by molar-refractivity contribution is 0.0663. The number of nitrogens with zero attached hydrogens (tertiary/aromatic N) is 2. The fourth-order valence-corrected chi connectivity index (χ4v) is 2.22. The van der Waals surface area contributed by atoms with E-state index in [1.165, 1.54) is 0 Å². The second-order valence-corrected chi connectivity index (χ2v) is 4.98. The van der Waals surface area contributed by atoms with E-state index in [1.807, 2.05) is 10.8 Å². The third-order valence-electron chi connectivity index (χ3n) is 3.23. The van der Waals surface area contributed by atoms with Crippen LogP contribution >= 0.6 is 0 Å². The van der Waals surface area contributed by atoms with Gasteiger partial charge < -0.3 is 24.7 Å². The largest absolute Gasteiger partial charge is 0.397 e. The van der Waals surface area contributed by atoms with Crippen LogP contribution in [0.15, 0.2) is 12.3 Å². The molecule has 0 fully saturated rings. The second-order valence-electron chi connectivity index (χ2n) is 4.98. The van der Waals surface area contributed by atoms with E-state index in [2.05, 4.69) is 6.92 Å². The van der Waals surface area contributed by atoms with E-state index in [0.29, 0.717) is 37.7 Å². The zero-order valence-corrected chi connectivity index (χ0v) is 13.3. The molecule has 0 spiro atoms. The van der Waals surface area contributed by atoms with Gasteiger partial charge in [-0.15, -0.1) is 0 Å². The molecule has 1 rings (SSSR count). The van der Waals surface area contributed by atoms with Crippen LogP contribution in [0.3, 0.4) is 0 Å². The van der Waals surface area contributed by atoms with E-state index in [0.717, 1.165) is 19.4 Å². The summed E-state index contributed by atoms with van der Waals surface area (Å²) in [5.41, 5.74) is 7.10.